The van der Waals surface area contributed by atoms with Crippen LogP contribution in [0.25, 0.3) is 10.9 Å². The van der Waals surface area contributed by atoms with E-state index in [9.17, 15) is 4.79 Å². The van der Waals surface area contributed by atoms with Crippen molar-refractivity contribution in [1.29, 1.82) is 0 Å². The molecule has 1 aliphatic carbocycles. The van der Waals surface area contributed by atoms with Crippen molar-refractivity contribution in [3.05, 3.63) is 51.6 Å². The Balaban J connectivity index is 1.79. The summed E-state index contributed by atoms with van der Waals surface area (Å²) in [7, 11) is 0. The number of fused-ring (bicyclic) bond motifs is 1. The molecule has 0 bridgehead atoms. The van der Waals surface area contributed by atoms with Gasteiger partial charge < -0.3 is 4.98 Å². The summed E-state index contributed by atoms with van der Waals surface area (Å²) in [5, 5.41) is 14.0. The van der Waals surface area contributed by atoms with Gasteiger partial charge in [-0.3, -0.25) is 9.69 Å². The van der Waals surface area contributed by atoms with E-state index in [0.29, 0.717) is 18.5 Å². The van der Waals surface area contributed by atoms with Gasteiger partial charge in [0.25, 0.3) is 5.56 Å². The van der Waals surface area contributed by atoms with Crippen molar-refractivity contribution in [2.24, 2.45) is 5.92 Å². The van der Waals surface area contributed by atoms with Gasteiger partial charge in [0.2, 0.25) is 0 Å². The summed E-state index contributed by atoms with van der Waals surface area (Å²) >= 11 is 0. The van der Waals surface area contributed by atoms with Crippen molar-refractivity contribution >= 4 is 10.9 Å². The zero-order valence-electron chi connectivity index (χ0n) is 20.2. The van der Waals surface area contributed by atoms with Crippen LogP contribution in [0.5, 0.6) is 0 Å². The third-order valence-corrected chi connectivity index (χ3v) is 6.69. The van der Waals surface area contributed by atoms with Crippen molar-refractivity contribution < 1.29 is 0 Å². The highest BCUT2D eigenvalue weighted by Crippen LogP contribution is 2.37. The molecule has 2 aromatic heterocycles. The lowest BCUT2D eigenvalue weighted by molar-refractivity contribution is 0.0802. The molecule has 1 atom stereocenters. The van der Waals surface area contributed by atoms with Crippen molar-refractivity contribution in [3.8, 4) is 0 Å². The molecule has 7 nitrogen and oxygen atoms in total. The minimum absolute atomic E-state index is 0.00674. The van der Waals surface area contributed by atoms with Crippen molar-refractivity contribution in [3.63, 3.8) is 0 Å². The highest BCUT2D eigenvalue weighted by Gasteiger charge is 2.37. The summed E-state index contributed by atoms with van der Waals surface area (Å²) in [6.45, 7) is 13.4. The van der Waals surface area contributed by atoms with Crippen LogP contribution in [0.1, 0.15) is 83.3 Å². The fourth-order valence-electron chi connectivity index (χ4n) is 5.12. The van der Waals surface area contributed by atoms with Gasteiger partial charge in [0, 0.05) is 18.2 Å². The van der Waals surface area contributed by atoms with Gasteiger partial charge in [-0.2, -0.15) is 0 Å². The first-order valence-electron chi connectivity index (χ1n) is 11.8. The second-order valence-corrected chi connectivity index (χ2v) is 10.6. The van der Waals surface area contributed by atoms with Crippen LogP contribution in [0.4, 0.5) is 0 Å². The van der Waals surface area contributed by atoms with Gasteiger partial charge in [-0.1, -0.05) is 44.9 Å². The van der Waals surface area contributed by atoms with Gasteiger partial charge in [0.1, 0.15) is 0 Å². The molecule has 0 saturated heterocycles. The molecule has 0 spiro atoms. The van der Waals surface area contributed by atoms with Crippen LogP contribution in [0.15, 0.2) is 29.1 Å². The van der Waals surface area contributed by atoms with E-state index in [1.54, 1.807) is 0 Å². The molecule has 1 aliphatic rings. The first kappa shape index (κ1) is 22.6. The summed E-state index contributed by atoms with van der Waals surface area (Å²) in [5.41, 5.74) is 2.59. The van der Waals surface area contributed by atoms with E-state index in [-0.39, 0.29) is 17.1 Å². The molecule has 1 fully saturated rings. The largest absolute Gasteiger partial charge is 0.321 e. The van der Waals surface area contributed by atoms with Crippen LogP contribution in [0, 0.1) is 12.8 Å². The lowest BCUT2D eigenvalue weighted by Crippen LogP contribution is -2.42. The van der Waals surface area contributed by atoms with E-state index in [2.05, 4.69) is 72.2 Å². The summed E-state index contributed by atoms with van der Waals surface area (Å²) in [6.07, 6.45) is 4.74. The number of nitrogens with one attached hydrogen (secondary N) is 1. The first-order chi connectivity index (χ1) is 15.2. The molecule has 7 heteroatoms. The Kier molecular flexibility index (Phi) is 6.21. The maximum atomic E-state index is 13.1. The summed E-state index contributed by atoms with van der Waals surface area (Å²) < 4.78 is 1.95. The quantitative estimate of drug-likeness (QED) is 0.605. The fourth-order valence-corrected chi connectivity index (χ4v) is 5.12. The fraction of sp³-hybridized carbons (Fsp3) is 0.600. The van der Waals surface area contributed by atoms with Gasteiger partial charge in [-0.25, -0.2) is 4.68 Å². The normalized spacial score (nSPS) is 16.5. The van der Waals surface area contributed by atoms with E-state index in [1.165, 1.54) is 12.8 Å². The summed E-state index contributed by atoms with van der Waals surface area (Å²) in [4.78, 5) is 18.7. The lowest BCUT2D eigenvalue weighted by atomic mass is 9.96. The van der Waals surface area contributed by atoms with Gasteiger partial charge in [0.15, 0.2) is 5.82 Å². The van der Waals surface area contributed by atoms with Crippen LogP contribution in [-0.4, -0.2) is 36.1 Å². The number of aromatic amines is 1. The van der Waals surface area contributed by atoms with Crippen LogP contribution >= 0.6 is 0 Å². The highest BCUT2D eigenvalue weighted by atomic mass is 16.1. The smallest absolute Gasteiger partial charge is 0.252 e. The number of tetrazole rings is 1. The summed E-state index contributed by atoms with van der Waals surface area (Å²) in [6, 6.07) is 8.65. The number of nitrogens with zero attached hydrogens (tertiary/aromatic N) is 5. The standard InChI is InChI=1S/C25H36N6O/c1-16(2)22(23-27-28-29-31(23)25(4,5)6)30(20-12-7-8-13-20)15-19-14-18-11-9-10-17(3)21(18)26-24(19)32/h9-11,14,16,20,22H,7-8,12-13,15H2,1-6H3,(H,26,32). The van der Waals surface area contributed by atoms with Gasteiger partial charge in [0.05, 0.1) is 17.1 Å². The number of H-pyrrole nitrogens is 1. The molecule has 1 N–H and O–H groups in total. The van der Waals surface area contributed by atoms with Gasteiger partial charge >= 0.3 is 0 Å². The minimum atomic E-state index is -0.217. The zero-order valence-corrected chi connectivity index (χ0v) is 20.2. The number of para-hydroxylation sites is 1. The van der Waals surface area contributed by atoms with Crippen molar-refractivity contribution in [2.45, 2.75) is 91.4 Å². The van der Waals surface area contributed by atoms with E-state index < -0.39 is 0 Å². The molecule has 4 rings (SSSR count). The molecule has 32 heavy (non-hydrogen) atoms. The Hall–Kier alpha value is -2.54. The van der Waals surface area contributed by atoms with Gasteiger partial charge in [-0.05, 0) is 73.9 Å². The molecule has 0 radical (unpaired) electrons. The van der Waals surface area contributed by atoms with Crippen molar-refractivity contribution in [2.75, 3.05) is 0 Å². The molecule has 172 valence electrons. The molecule has 2 heterocycles. The highest BCUT2D eigenvalue weighted by molar-refractivity contribution is 5.81. The number of hydrogen-bond donors (Lipinski definition) is 1. The number of aromatic nitrogens is 5. The van der Waals surface area contributed by atoms with E-state index in [4.69, 9.17) is 0 Å². The second-order valence-electron chi connectivity index (χ2n) is 10.6. The molecular formula is C25H36N6O. The predicted octanol–water partition coefficient (Wildman–Crippen LogP) is 4.72. The number of pyridine rings is 1. The van der Waals surface area contributed by atoms with Crippen LogP contribution in [-0.2, 0) is 12.1 Å². The average molecular weight is 437 g/mol. The molecule has 0 aliphatic heterocycles. The number of aryl methyl sites for hydroxylation is 1. The Labute approximate surface area is 190 Å². The van der Waals surface area contributed by atoms with Crippen LogP contribution in [0.3, 0.4) is 0 Å². The molecular weight excluding hydrogens is 400 g/mol. The Morgan fingerprint density at radius 3 is 2.59 bits per heavy atom. The average Bonchev–Trinajstić information content (AvgIpc) is 3.40. The molecule has 3 aromatic rings. The van der Waals surface area contributed by atoms with E-state index >= 15 is 0 Å². The lowest BCUT2D eigenvalue weighted by Gasteiger charge is -2.39. The number of hydrogen-bond acceptors (Lipinski definition) is 5. The van der Waals surface area contributed by atoms with E-state index in [0.717, 1.165) is 40.7 Å². The first-order valence-corrected chi connectivity index (χ1v) is 11.8. The maximum absolute atomic E-state index is 13.1. The third-order valence-electron chi connectivity index (χ3n) is 6.69. The predicted molar refractivity (Wildman–Crippen MR) is 127 cm³/mol. The number of benzene rings is 1. The van der Waals surface area contributed by atoms with Crippen molar-refractivity contribution in [1.82, 2.24) is 30.1 Å². The third kappa shape index (κ3) is 4.35. The van der Waals surface area contributed by atoms with Crippen LogP contribution in [0.2, 0.25) is 0 Å². The second kappa shape index (κ2) is 8.77. The van der Waals surface area contributed by atoms with Gasteiger partial charge in [-0.15, -0.1) is 5.10 Å². The minimum Gasteiger partial charge on any atom is -0.321 e. The Morgan fingerprint density at radius 1 is 1.22 bits per heavy atom. The molecule has 1 unspecified atom stereocenters. The van der Waals surface area contributed by atoms with E-state index in [1.807, 2.05) is 23.7 Å². The molecule has 0 amide bonds. The maximum Gasteiger partial charge on any atom is 0.252 e. The topological polar surface area (TPSA) is 79.7 Å². The SMILES string of the molecule is Cc1cccc2cc(CN(C3CCCC3)C(c3nnnn3C(C)(C)C)C(C)C)c(=O)[nH]c12. The molecule has 1 aromatic carbocycles. The Bertz CT molecular complexity index is 1130. The Morgan fingerprint density at radius 2 is 1.94 bits per heavy atom. The monoisotopic (exact) mass is 436 g/mol. The summed E-state index contributed by atoms with van der Waals surface area (Å²) in [5.74, 6) is 1.18. The number of rotatable bonds is 6. The van der Waals surface area contributed by atoms with Crippen LogP contribution < -0.4 is 5.56 Å². The molecule has 1 saturated carbocycles. The zero-order chi connectivity index (χ0) is 23.0.